The Morgan fingerprint density at radius 1 is 0.750 bits per heavy atom. The second-order valence-corrected chi connectivity index (χ2v) is 8.32. The second-order valence-electron chi connectivity index (χ2n) is 8.32. The maximum Gasteiger partial charge on any atom is 0.338 e. The number of rotatable bonds is 8. The summed E-state index contributed by atoms with van der Waals surface area (Å²) in [5.74, 6) is -1.87. The van der Waals surface area contributed by atoms with Crippen LogP contribution in [0.25, 0.3) is 0 Å². The predicted octanol–water partition coefficient (Wildman–Crippen LogP) is 4.06. The number of carbonyl (C=O) groups excluding carboxylic acids is 3. The predicted molar refractivity (Wildman–Crippen MR) is 128 cm³/mol. The number of esters is 3. The van der Waals surface area contributed by atoms with Crippen molar-refractivity contribution in [1.29, 1.82) is 0 Å². The first kappa shape index (κ1) is 25.1. The minimum Gasteiger partial charge on any atom is -0.459 e. The van der Waals surface area contributed by atoms with E-state index in [4.69, 9.17) is 23.7 Å². The summed E-state index contributed by atoms with van der Waals surface area (Å²) in [4.78, 5) is 38.5. The number of methoxy groups -OCH3 is 1. The molecule has 0 spiro atoms. The molecule has 0 aromatic heterocycles. The fourth-order valence-electron chi connectivity index (χ4n) is 3.90. The van der Waals surface area contributed by atoms with Gasteiger partial charge in [-0.1, -0.05) is 54.6 Å². The van der Waals surface area contributed by atoms with Crippen LogP contribution in [0.15, 0.2) is 91.0 Å². The molecule has 8 nitrogen and oxygen atoms in total. The first-order chi connectivity index (χ1) is 17.4. The average molecular weight is 491 g/mol. The molecule has 186 valence electrons. The van der Waals surface area contributed by atoms with Crippen LogP contribution in [-0.4, -0.2) is 55.7 Å². The molecule has 1 aliphatic rings. The molecule has 0 saturated carbocycles. The van der Waals surface area contributed by atoms with Crippen molar-refractivity contribution in [2.24, 2.45) is 0 Å². The fraction of sp³-hybridized carbons (Fsp3) is 0.250. The van der Waals surface area contributed by atoms with Gasteiger partial charge in [-0.15, -0.1) is 0 Å². The van der Waals surface area contributed by atoms with Gasteiger partial charge in [-0.25, -0.2) is 14.4 Å². The van der Waals surface area contributed by atoms with Gasteiger partial charge in [0, 0.05) is 7.11 Å². The van der Waals surface area contributed by atoms with Crippen LogP contribution in [0, 0.1) is 0 Å². The maximum atomic E-state index is 13.0. The number of ether oxygens (including phenoxy) is 5. The molecule has 4 rings (SSSR count). The minimum absolute atomic E-state index is 0.272. The molecule has 4 atom stereocenters. The lowest BCUT2D eigenvalue weighted by molar-refractivity contribution is -0.155. The Morgan fingerprint density at radius 2 is 1.22 bits per heavy atom. The Morgan fingerprint density at radius 3 is 1.72 bits per heavy atom. The summed E-state index contributed by atoms with van der Waals surface area (Å²) < 4.78 is 28.5. The van der Waals surface area contributed by atoms with Crippen LogP contribution in [0.5, 0.6) is 0 Å². The van der Waals surface area contributed by atoms with E-state index in [1.165, 1.54) is 7.11 Å². The van der Waals surface area contributed by atoms with Crippen molar-refractivity contribution in [3.05, 3.63) is 108 Å². The van der Waals surface area contributed by atoms with E-state index in [-0.39, 0.29) is 6.61 Å². The molecule has 1 aliphatic heterocycles. The van der Waals surface area contributed by atoms with Gasteiger partial charge in [-0.05, 0) is 43.3 Å². The van der Waals surface area contributed by atoms with E-state index in [1.807, 2.05) is 0 Å². The molecule has 0 bridgehead atoms. The van der Waals surface area contributed by atoms with Crippen LogP contribution in [-0.2, 0) is 23.7 Å². The lowest BCUT2D eigenvalue weighted by atomic mass is 9.94. The zero-order chi connectivity index (χ0) is 25.5. The molecule has 36 heavy (non-hydrogen) atoms. The van der Waals surface area contributed by atoms with Gasteiger partial charge in [-0.2, -0.15) is 0 Å². The van der Waals surface area contributed by atoms with Crippen LogP contribution in [0.2, 0.25) is 0 Å². The van der Waals surface area contributed by atoms with Crippen molar-refractivity contribution >= 4 is 17.9 Å². The summed E-state index contributed by atoms with van der Waals surface area (Å²) in [5, 5.41) is 0. The number of carbonyl (C=O) groups is 3. The standard InChI is InChI=1S/C28H26O8/c1-28(36-26(31)21-16-10-5-11-17-21)22(18-33-24(29)19-12-6-3-7-13-19)34-27(32-2)23(28)35-25(30)20-14-8-4-9-15-20/h3-17,22-23,27H,18H2,1-2H3/t22-,23?,27-,28?/m1/s1. The zero-order valence-corrected chi connectivity index (χ0v) is 19.9. The van der Waals surface area contributed by atoms with Crippen LogP contribution < -0.4 is 0 Å². The highest BCUT2D eigenvalue weighted by Gasteiger charge is 2.60. The van der Waals surface area contributed by atoms with E-state index in [0.717, 1.165) is 0 Å². The lowest BCUT2D eigenvalue weighted by Crippen LogP contribution is -2.52. The van der Waals surface area contributed by atoms with E-state index in [2.05, 4.69) is 0 Å². The number of hydrogen-bond donors (Lipinski definition) is 0. The largest absolute Gasteiger partial charge is 0.459 e. The van der Waals surface area contributed by atoms with Crippen molar-refractivity contribution in [3.63, 3.8) is 0 Å². The van der Waals surface area contributed by atoms with Crippen LogP contribution in [0.1, 0.15) is 38.0 Å². The Balaban J connectivity index is 1.60. The van der Waals surface area contributed by atoms with Crippen LogP contribution in [0.4, 0.5) is 0 Å². The van der Waals surface area contributed by atoms with Crippen LogP contribution >= 0.6 is 0 Å². The third kappa shape index (κ3) is 5.45. The highest BCUT2D eigenvalue weighted by molar-refractivity contribution is 5.91. The Kier molecular flexibility index (Phi) is 7.77. The monoisotopic (exact) mass is 490 g/mol. The van der Waals surface area contributed by atoms with E-state index in [9.17, 15) is 14.4 Å². The summed E-state index contributed by atoms with van der Waals surface area (Å²) in [6, 6.07) is 25.2. The molecule has 8 heteroatoms. The first-order valence-electron chi connectivity index (χ1n) is 11.4. The van der Waals surface area contributed by atoms with Gasteiger partial charge in [0.1, 0.15) is 12.7 Å². The van der Waals surface area contributed by atoms with Crippen molar-refractivity contribution in [3.8, 4) is 0 Å². The fourth-order valence-corrected chi connectivity index (χ4v) is 3.90. The molecule has 2 unspecified atom stereocenters. The van der Waals surface area contributed by atoms with E-state index in [1.54, 1.807) is 97.9 Å². The zero-order valence-electron chi connectivity index (χ0n) is 19.9. The summed E-state index contributed by atoms with van der Waals surface area (Å²) in [7, 11) is 1.38. The molecule has 1 saturated heterocycles. The quantitative estimate of drug-likeness (QED) is 0.345. The summed E-state index contributed by atoms with van der Waals surface area (Å²) in [6.45, 7) is 1.29. The lowest BCUT2D eigenvalue weighted by Gasteiger charge is -2.33. The minimum atomic E-state index is -1.55. The summed E-state index contributed by atoms with van der Waals surface area (Å²) >= 11 is 0. The Labute approximate surface area is 208 Å². The summed E-state index contributed by atoms with van der Waals surface area (Å²) in [5.41, 5.74) is -0.584. The van der Waals surface area contributed by atoms with Gasteiger partial charge in [0.2, 0.25) is 0 Å². The van der Waals surface area contributed by atoms with Crippen molar-refractivity contribution in [2.45, 2.75) is 31.0 Å². The van der Waals surface area contributed by atoms with Gasteiger partial charge in [0.25, 0.3) is 0 Å². The van der Waals surface area contributed by atoms with Crippen LogP contribution in [0.3, 0.4) is 0 Å². The molecule has 0 amide bonds. The first-order valence-corrected chi connectivity index (χ1v) is 11.4. The maximum absolute atomic E-state index is 13.0. The van der Waals surface area contributed by atoms with Crippen molar-refractivity contribution in [2.75, 3.05) is 13.7 Å². The third-order valence-corrected chi connectivity index (χ3v) is 5.92. The molecule has 1 heterocycles. The topological polar surface area (TPSA) is 97.4 Å². The Hall–Kier alpha value is -4.01. The second kappa shape index (κ2) is 11.2. The smallest absolute Gasteiger partial charge is 0.338 e. The SMILES string of the molecule is CO[C@@H]1O[C@H](COC(=O)c2ccccc2)C(C)(OC(=O)c2ccccc2)C1OC(=O)c1ccccc1. The van der Waals surface area contributed by atoms with Crippen molar-refractivity contribution < 1.29 is 38.1 Å². The van der Waals surface area contributed by atoms with Gasteiger partial charge >= 0.3 is 17.9 Å². The summed E-state index contributed by atoms with van der Waals surface area (Å²) in [6.07, 6.45) is -3.22. The van der Waals surface area contributed by atoms with Gasteiger partial charge in [-0.3, -0.25) is 0 Å². The molecular formula is C28H26O8. The normalized spacial score (nSPS) is 23.0. The molecule has 1 fully saturated rings. The Bertz CT molecular complexity index is 1180. The molecule has 3 aromatic carbocycles. The molecule has 0 aliphatic carbocycles. The average Bonchev–Trinajstić information content (AvgIpc) is 3.18. The highest BCUT2D eigenvalue weighted by atomic mass is 16.7. The van der Waals surface area contributed by atoms with Crippen molar-refractivity contribution in [1.82, 2.24) is 0 Å². The van der Waals surface area contributed by atoms with E-state index in [0.29, 0.717) is 16.7 Å². The molecule has 3 aromatic rings. The molecular weight excluding hydrogens is 464 g/mol. The molecule has 0 radical (unpaired) electrons. The number of hydrogen-bond acceptors (Lipinski definition) is 8. The van der Waals surface area contributed by atoms with Gasteiger partial charge < -0.3 is 23.7 Å². The third-order valence-electron chi connectivity index (χ3n) is 5.92. The van der Waals surface area contributed by atoms with E-state index < -0.39 is 42.0 Å². The molecule has 0 N–H and O–H groups in total. The van der Waals surface area contributed by atoms with Gasteiger partial charge in [0.15, 0.2) is 18.0 Å². The number of benzene rings is 3. The van der Waals surface area contributed by atoms with Gasteiger partial charge in [0.05, 0.1) is 16.7 Å². The highest BCUT2D eigenvalue weighted by Crippen LogP contribution is 2.38. The van der Waals surface area contributed by atoms with E-state index >= 15 is 0 Å².